The van der Waals surface area contributed by atoms with Crippen LogP contribution in [0.3, 0.4) is 0 Å². The van der Waals surface area contributed by atoms with Crippen molar-refractivity contribution in [3.63, 3.8) is 0 Å². The van der Waals surface area contributed by atoms with Crippen LogP contribution in [0.1, 0.15) is 19.7 Å². The number of carboxylic acid groups (broad SMARTS) is 1. The standard InChI is InChI=1S/C9H11N3O4/c1-4(5(2)8(14)15)7(13)11-9-10-6(3)12-16-9/h1-3H3,(H,14,15)(H,10,11,12,13). The molecule has 1 heterocycles. The molecule has 0 unspecified atom stereocenters. The van der Waals surface area contributed by atoms with Gasteiger partial charge in [0.05, 0.1) is 0 Å². The molecule has 1 aromatic rings. The van der Waals surface area contributed by atoms with Crippen LogP contribution in [-0.2, 0) is 9.59 Å². The smallest absolute Gasteiger partial charge is 0.331 e. The highest BCUT2D eigenvalue weighted by Crippen LogP contribution is 2.08. The Bertz CT molecular complexity index is 461. The molecule has 0 bridgehead atoms. The van der Waals surface area contributed by atoms with Crippen LogP contribution < -0.4 is 5.32 Å². The van der Waals surface area contributed by atoms with Gasteiger partial charge in [0.15, 0.2) is 5.82 Å². The van der Waals surface area contributed by atoms with E-state index in [9.17, 15) is 9.59 Å². The number of hydrogen-bond acceptors (Lipinski definition) is 5. The van der Waals surface area contributed by atoms with Crippen LogP contribution in [0.5, 0.6) is 0 Å². The Kier molecular flexibility index (Phi) is 3.39. The molecule has 86 valence electrons. The number of anilines is 1. The molecule has 7 heteroatoms. The van der Waals surface area contributed by atoms with E-state index in [4.69, 9.17) is 5.11 Å². The lowest BCUT2D eigenvalue weighted by Gasteiger charge is -2.02. The summed E-state index contributed by atoms with van der Waals surface area (Å²) in [5, 5.41) is 14.5. The average molecular weight is 225 g/mol. The molecule has 0 saturated heterocycles. The number of aliphatic carboxylic acids is 1. The maximum absolute atomic E-state index is 11.5. The number of carbonyl (C=O) groups excluding carboxylic acids is 1. The van der Waals surface area contributed by atoms with Crippen molar-refractivity contribution in [2.75, 3.05) is 5.32 Å². The first-order valence-electron chi connectivity index (χ1n) is 4.44. The molecule has 0 fully saturated rings. The van der Waals surface area contributed by atoms with Crippen LogP contribution >= 0.6 is 0 Å². The molecule has 0 aliphatic rings. The summed E-state index contributed by atoms with van der Waals surface area (Å²) in [6, 6.07) is -0.0555. The summed E-state index contributed by atoms with van der Waals surface area (Å²) >= 11 is 0. The first-order valence-corrected chi connectivity index (χ1v) is 4.44. The predicted molar refractivity (Wildman–Crippen MR) is 53.7 cm³/mol. The van der Waals surface area contributed by atoms with Gasteiger partial charge in [0, 0.05) is 11.1 Å². The SMILES string of the molecule is CC(C(=O)O)=C(C)C(=O)Nc1nc(C)no1. The van der Waals surface area contributed by atoms with Crippen molar-refractivity contribution in [1.29, 1.82) is 0 Å². The second-order valence-electron chi connectivity index (χ2n) is 3.16. The molecular formula is C9H11N3O4. The van der Waals surface area contributed by atoms with Crippen LogP contribution in [0.4, 0.5) is 6.01 Å². The number of nitrogens with one attached hydrogen (secondary N) is 1. The summed E-state index contributed by atoms with van der Waals surface area (Å²) in [6.45, 7) is 4.35. The highest BCUT2D eigenvalue weighted by Gasteiger charge is 2.14. The monoisotopic (exact) mass is 225 g/mol. The third kappa shape index (κ3) is 2.66. The van der Waals surface area contributed by atoms with Crippen molar-refractivity contribution in [3.8, 4) is 0 Å². The minimum Gasteiger partial charge on any atom is -0.478 e. The van der Waals surface area contributed by atoms with Crippen molar-refractivity contribution < 1.29 is 19.2 Å². The van der Waals surface area contributed by atoms with E-state index in [0.29, 0.717) is 5.82 Å². The molecule has 1 amide bonds. The Morgan fingerprint density at radius 3 is 2.38 bits per heavy atom. The van der Waals surface area contributed by atoms with Gasteiger partial charge in [-0.05, 0) is 20.8 Å². The van der Waals surface area contributed by atoms with Crippen molar-refractivity contribution >= 4 is 17.9 Å². The first-order chi connectivity index (χ1) is 7.41. The topological polar surface area (TPSA) is 105 Å². The number of nitrogens with zero attached hydrogens (tertiary/aromatic N) is 2. The lowest BCUT2D eigenvalue weighted by atomic mass is 10.1. The summed E-state index contributed by atoms with van der Waals surface area (Å²) in [7, 11) is 0. The highest BCUT2D eigenvalue weighted by atomic mass is 16.5. The minimum atomic E-state index is -1.14. The van der Waals surface area contributed by atoms with E-state index in [1.165, 1.54) is 13.8 Å². The second-order valence-corrected chi connectivity index (χ2v) is 3.16. The van der Waals surface area contributed by atoms with Gasteiger partial charge in [0.25, 0.3) is 5.91 Å². The van der Waals surface area contributed by atoms with Crippen LogP contribution in [0.15, 0.2) is 15.7 Å². The van der Waals surface area contributed by atoms with E-state index in [1.54, 1.807) is 6.92 Å². The third-order valence-corrected chi connectivity index (χ3v) is 1.97. The number of carboxylic acids is 1. The molecule has 0 aromatic carbocycles. The van der Waals surface area contributed by atoms with E-state index < -0.39 is 11.9 Å². The second kappa shape index (κ2) is 4.56. The van der Waals surface area contributed by atoms with Crippen LogP contribution in [0.2, 0.25) is 0 Å². The van der Waals surface area contributed by atoms with Gasteiger partial charge >= 0.3 is 12.0 Å². The minimum absolute atomic E-state index is 0.0336. The summed E-state index contributed by atoms with van der Waals surface area (Å²) in [4.78, 5) is 25.9. The van der Waals surface area contributed by atoms with Crippen LogP contribution in [-0.4, -0.2) is 27.1 Å². The number of aryl methyl sites for hydroxylation is 1. The zero-order chi connectivity index (χ0) is 12.3. The van der Waals surface area contributed by atoms with Gasteiger partial charge in [-0.1, -0.05) is 5.16 Å². The molecule has 0 radical (unpaired) electrons. The number of aromatic nitrogens is 2. The van der Waals surface area contributed by atoms with Crippen LogP contribution in [0.25, 0.3) is 0 Å². The Labute approximate surface area is 91.1 Å². The van der Waals surface area contributed by atoms with Crippen molar-refractivity contribution in [3.05, 3.63) is 17.0 Å². The Morgan fingerprint density at radius 2 is 1.94 bits per heavy atom. The average Bonchev–Trinajstić information content (AvgIpc) is 2.61. The van der Waals surface area contributed by atoms with Gasteiger partial charge < -0.3 is 9.63 Å². The van der Waals surface area contributed by atoms with Crippen molar-refractivity contribution in [2.24, 2.45) is 0 Å². The van der Waals surface area contributed by atoms with Crippen molar-refractivity contribution in [2.45, 2.75) is 20.8 Å². The Hall–Kier alpha value is -2.18. The number of hydrogen-bond donors (Lipinski definition) is 2. The molecule has 2 N–H and O–H groups in total. The fraction of sp³-hybridized carbons (Fsp3) is 0.333. The summed E-state index contributed by atoms with van der Waals surface area (Å²) in [5.74, 6) is -1.34. The van der Waals surface area contributed by atoms with E-state index >= 15 is 0 Å². The molecule has 1 rings (SSSR count). The van der Waals surface area contributed by atoms with Gasteiger partial charge in [-0.2, -0.15) is 4.98 Å². The first kappa shape index (κ1) is 11.9. The number of carbonyl (C=O) groups is 2. The van der Waals surface area contributed by atoms with Crippen molar-refractivity contribution in [1.82, 2.24) is 10.1 Å². The maximum atomic E-state index is 11.5. The molecule has 0 atom stereocenters. The highest BCUT2D eigenvalue weighted by molar-refractivity contribution is 6.07. The Morgan fingerprint density at radius 1 is 1.31 bits per heavy atom. The van der Waals surface area contributed by atoms with E-state index in [-0.39, 0.29) is 17.2 Å². The summed E-state index contributed by atoms with van der Waals surface area (Å²) in [5.41, 5.74) is 0.0529. The Balaban J connectivity index is 2.81. The quantitative estimate of drug-likeness (QED) is 0.735. The maximum Gasteiger partial charge on any atom is 0.331 e. The fourth-order valence-electron chi connectivity index (χ4n) is 0.869. The molecule has 16 heavy (non-hydrogen) atoms. The normalized spacial score (nSPS) is 11.9. The van der Waals surface area contributed by atoms with E-state index in [0.717, 1.165) is 0 Å². The lowest BCUT2D eigenvalue weighted by molar-refractivity contribution is -0.133. The number of amides is 1. The van der Waals surface area contributed by atoms with Gasteiger partial charge in [-0.25, -0.2) is 4.79 Å². The largest absolute Gasteiger partial charge is 0.478 e. The summed E-state index contributed by atoms with van der Waals surface area (Å²) in [6.07, 6.45) is 0. The van der Waals surface area contributed by atoms with Gasteiger partial charge in [0.1, 0.15) is 0 Å². The van der Waals surface area contributed by atoms with Gasteiger partial charge in [-0.3, -0.25) is 10.1 Å². The zero-order valence-corrected chi connectivity index (χ0v) is 9.07. The van der Waals surface area contributed by atoms with E-state index in [2.05, 4.69) is 20.0 Å². The molecule has 7 nitrogen and oxygen atoms in total. The third-order valence-electron chi connectivity index (χ3n) is 1.97. The van der Waals surface area contributed by atoms with Crippen LogP contribution in [0, 0.1) is 6.92 Å². The predicted octanol–water partition coefficient (Wildman–Crippen LogP) is 0.738. The zero-order valence-electron chi connectivity index (χ0n) is 9.07. The molecule has 0 spiro atoms. The van der Waals surface area contributed by atoms with Gasteiger partial charge in [0.2, 0.25) is 0 Å². The van der Waals surface area contributed by atoms with Gasteiger partial charge in [-0.15, -0.1) is 0 Å². The molecule has 0 aliphatic heterocycles. The molecule has 0 aliphatic carbocycles. The lowest BCUT2D eigenvalue weighted by Crippen LogP contribution is -2.16. The molecule has 1 aromatic heterocycles. The molecule has 0 saturated carbocycles. The molecular weight excluding hydrogens is 214 g/mol. The number of rotatable bonds is 3. The summed E-state index contributed by atoms with van der Waals surface area (Å²) < 4.78 is 4.66. The fourth-order valence-corrected chi connectivity index (χ4v) is 0.869. The van der Waals surface area contributed by atoms with E-state index in [1.807, 2.05) is 0 Å².